The van der Waals surface area contributed by atoms with Gasteiger partial charge in [-0.3, -0.25) is 0 Å². The number of aryl methyl sites for hydroxylation is 2. The van der Waals surface area contributed by atoms with Crippen LogP contribution in [-0.2, 0) is 17.9 Å². The molecule has 92 valence electrons. The Morgan fingerprint density at radius 3 is 2.59 bits per heavy atom. The number of hydrogen-bond donors (Lipinski definition) is 1. The second-order valence-corrected chi connectivity index (χ2v) is 4.40. The normalized spacial score (nSPS) is 11.3. The zero-order valence-corrected chi connectivity index (χ0v) is 10.9. The molecule has 3 nitrogen and oxygen atoms in total. The fourth-order valence-electron chi connectivity index (χ4n) is 2.06. The van der Waals surface area contributed by atoms with Gasteiger partial charge in [-0.1, -0.05) is 0 Å². The summed E-state index contributed by atoms with van der Waals surface area (Å²) in [5, 5.41) is 4.29. The van der Waals surface area contributed by atoms with Gasteiger partial charge in [0.2, 0.25) is 0 Å². The van der Waals surface area contributed by atoms with Crippen molar-refractivity contribution in [3.63, 3.8) is 0 Å². The van der Waals surface area contributed by atoms with Crippen molar-refractivity contribution in [3.8, 4) is 0 Å². The summed E-state index contributed by atoms with van der Waals surface area (Å²) in [5.41, 5.74) is 4.64. The molecular formula is C14H19NO2. The summed E-state index contributed by atoms with van der Waals surface area (Å²) in [6.07, 6.45) is 0. The van der Waals surface area contributed by atoms with Crippen LogP contribution in [0.5, 0.6) is 0 Å². The van der Waals surface area contributed by atoms with E-state index >= 15 is 0 Å². The molecule has 3 heteroatoms. The van der Waals surface area contributed by atoms with Crippen LogP contribution in [0, 0.1) is 13.8 Å². The van der Waals surface area contributed by atoms with E-state index in [1.54, 1.807) is 7.11 Å². The third-order valence-electron chi connectivity index (χ3n) is 3.12. The maximum absolute atomic E-state index is 5.89. The van der Waals surface area contributed by atoms with Crippen LogP contribution < -0.4 is 5.32 Å². The van der Waals surface area contributed by atoms with E-state index in [-0.39, 0.29) is 0 Å². The van der Waals surface area contributed by atoms with Crippen molar-refractivity contribution in [1.82, 2.24) is 5.32 Å². The standard InChI is InChI=1S/C14H19NO2/c1-9-5-11-12(8-16-4)14(7-15-3)17-13(11)6-10(9)2/h5-6,15H,7-8H2,1-4H3. The van der Waals surface area contributed by atoms with Crippen molar-refractivity contribution in [2.24, 2.45) is 0 Å². The highest BCUT2D eigenvalue weighted by Gasteiger charge is 2.14. The first-order chi connectivity index (χ1) is 8.17. The Balaban J connectivity index is 2.62. The molecule has 2 aromatic rings. The van der Waals surface area contributed by atoms with Gasteiger partial charge in [-0.2, -0.15) is 0 Å². The lowest BCUT2D eigenvalue weighted by molar-refractivity contribution is 0.183. The van der Waals surface area contributed by atoms with E-state index in [4.69, 9.17) is 9.15 Å². The minimum atomic E-state index is 0.590. The van der Waals surface area contributed by atoms with Gasteiger partial charge in [0.25, 0.3) is 0 Å². The molecular weight excluding hydrogens is 214 g/mol. The molecule has 0 saturated carbocycles. The third kappa shape index (κ3) is 2.21. The molecule has 0 radical (unpaired) electrons. The summed E-state index contributed by atoms with van der Waals surface area (Å²) in [4.78, 5) is 0. The highest BCUT2D eigenvalue weighted by molar-refractivity contribution is 5.83. The molecule has 0 bridgehead atoms. The number of hydrogen-bond acceptors (Lipinski definition) is 3. The van der Waals surface area contributed by atoms with Crippen LogP contribution in [0.4, 0.5) is 0 Å². The summed E-state index contributed by atoms with van der Waals surface area (Å²) in [6, 6.07) is 4.28. The van der Waals surface area contributed by atoms with Crippen molar-refractivity contribution in [3.05, 3.63) is 34.6 Å². The molecule has 1 heterocycles. The zero-order chi connectivity index (χ0) is 12.4. The number of methoxy groups -OCH3 is 1. The smallest absolute Gasteiger partial charge is 0.135 e. The number of furan rings is 1. The van der Waals surface area contributed by atoms with E-state index in [0.29, 0.717) is 6.61 Å². The average molecular weight is 233 g/mol. The van der Waals surface area contributed by atoms with E-state index in [0.717, 1.165) is 23.5 Å². The van der Waals surface area contributed by atoms with E-state index in [1.165, 1.54) is 16.5 Å². The van der Waals surface area contributed by atoms with Crippen LogP contribution in [0.25, 0.3) is 11.0 Å². The lowest BCUT2D eigenvalue weighted by Gasteiger charge is -2.02. The predicted molar refractivity (Wildman–Crippen MR) is 69.2 cm³/mol. The van der Waals surface area contributed by atoms with Crippen LogP contribution in [0.3, 0.4) is 0 Å². The largest absolute Gasteiger partial charge is 0.459 e. The molecule has 0 aliphatic heterocycles. The van der Waals surface area contributed by atoms with Crippen LogP contribution in [0.1, 0.15) is 22.5 Å². The van der Waals surface area contributed by atoms with Crippen molar-refractivity contribution in [1.29, 1.82) is 0 Å². The quantitative estimate of drug-likeness (QED) is 0.881. The van der Waals surface area contributed by atoms with E-state index in [9.17, 15) is 0 Å². The molecule has 2 rings (SSSR count). The molecule has 0 saturated heterocycles. The third-order valence-corrected chi connectivity index (χ3v) is 3.12. The van der Waals surface area contributed by atoms with Gasteiger partial charge in [0.05, 0.1) is 13.2 Å². The first-order valence-electron chi connectivity index (χ1n) is 5.82. The number of ether oxygens (including phenoxy) is 1. The molecule has 0 fully saturated rings. The highest BCUT2D eigenvalue weighted by atomic mass is 16.5. The van der Waals surface area contributed by atoms with Gasteiger partial charge in [0, 0.05) is 18.1 Å². The van der Waals surface area contributed by atoms with Gasteiger partial charge in [0.15, 0.2) is 0 Å². The Labute approximate surface area is 102 Å². The maximum atomic E-state index is 5.89. The van der Waals surface area contributed by atoms with Crippen molar-refractivity contribution in [2.45, 2.75) is 27.0 Å². The molecule has 1 aromatic heterocycles. The maximum Gasteiger partial charge on any atom is 0.135 e. The fraction of sp³-hybridized carbons (Fsp3) is 0.429. The first-order valence-corrected chi connectivity index (χ1v) is 5.82. The fourth-order valence-corrected chi connectivity index (χ4v) is 2.06. The van der Waals surface area contributed by atoms with E-state index < -0.39 is 0 Å². The van der Waals surface area contributed by atoms with Crippen molar-refractivity contribution >= 4 is 11.0 Å². The van der Waals surface area contributed by atoms with Crippen LogP contribution in [0.2, 0.25) is 0 Å². The molecule has 0 atom stereocenters. The first kappa shape index (κ1) is 12.1. The Morgan fingerprint density at radius 2 is 1.94 bits per heavy atom. The molecule has 17 heavy (non-hydrogen) atoms. The van der Waals surface area contributed by atoms with Crippen LogP contribution in [-0.4, -0.2) is 14.2 Å². The zero-order valence-electron chi connectivity index (χ0n) is 10.9. The summed E-state index contributed by atoms with van der Waals surface area (Å²) >= 11 is 0. The molecule has 1 N–H and O–H groups in total. The number of rotatable bonds is 4. The summed E-state index contributed by atoms with van der Waals surface area (Å²) in [5.74, 6) is 0.967. The van der Waals surface area contributed by atoms with E-state index in [2.05, 4.69) is 31.3 Å². The Kier molecular flexibility index (Phi) is 3.50. The monoisotopic (exact) mass is 233 g/mol. The lowest BCUT2D eigenvalue weighted by Crippen LogP contribution is -2.06. The molecule has 1 aromatic carbocycles. The van der Waals surface area contributed by atoms with Gasteiger partial charge in [0.1, 0.15) is 11.3 Å². The molecule has 0 amide bonds. The van der Waals surface area contributed by atoms with Gasteiger partial charge < -0.3 is 14.5 Å². The summed E-state index contributed by atoms with van der Waals surface area (Å²) in [6.45, 7) is 5.54. The van der Waals surface area contributed by atoms with Crippen molar-refractivity contribution in [2.75, 3.05) is 14.2 Å². The van der Waals surface area contributed by atoms with Crippen molar-refractivity contribution < 1.29 is 9.15 Å². The Morgan fingerprint density at radius 1 is 1.24 bits per heavy atom. The molecule has 0 spiro atoms. The second-order valence-electron chi connectivity index (χ2n) is 4.40. The number of fused-ring (bicyclic) bond motifs is 1. The van der Waals surface area contributed by atoms with Gasteiger partial charge >= 0.3 is 0 Å². The molecule has 0 aliphatic rings. The molecule has 0 aliphatic carbocycles. The average Bonchev–Trinajstić information content (AvgIpc) is 2.59. The Hall–Kier alpha value is -1.32. The van der Waals surface area contributed by atoms with Gasteiger partial charge in [-0.05, 0) is 44.2 Å². The van der Waals surface area contributed by atoms with Gasteiger partial charge in [-0.15, -0.1) is 0 Å². The van der Waals surface area contributed by atoms with Crippen LogP contribution >= 0.6 is 0 Å². The lowest BCUT2D eigenvalue weighted by atomic mass is 10.0. The van der Waals surface area contributed by atoms with Crippen LogP contribution in [0.15, 0.2) is 16.5 Å². The summed E-state index contributed by atoms with van der Waals surface area (Å²) in [7, 11) is 3.63. The minimum absolute atomic E-state index is 0.590. The predicted octanol–water partition coefficient (Wildman–Crippen LogP) is 2.92. The second kappa shape index (κ2) is 4.90. The van der Waals surface area contributed by atoms with E-state index in [1.807, 2.05) is 7.05 Å². The molecule has 0 unspecified atom stereocenters. The highest BCUT2D eigenvalue weighted by Crippen LogP contribution is 2.29. The SMILES string of the molecule is CNCc1oc2cc(C)c(C)cc2c1COC. The van der Waals surface area contributed by atoms with Gasteiger partial charge in [-0.25, -0.2) is 0 Å². The minimum Gasteiger partial charge on any atom is -0.459 e. The topological polar surface area (TPSA) is 34.4 Å². The Bertz CT molecular complexity index is 528. The number of benzene rings is 1. The number of nitrogens with one attached hydrogen (secondary N) is 1. The summed E-state index contributed by atoms with van der Waals surface area (Å²) < 4.78 is 11.1.